The number of carbonyl (C=O) groups excluding carboxylic acids is 2. The Bertz CT molecular complexity index is 738. The van der Waals surface area contributed by atoms with Gasteiger partial charge in [-0.25, -0.2) is 4.99 Å². The summed E-state index contributed by atoms with van der Waals surface area (Å²) in [4.78, 5) is 30.7. The van der Waals surface area contributed by atoms with Crippen molar-refractivity contribution in [1.82, 2.24) is 15.5 Å². The molecule has 2 amide bonds. The molecule has 0 saturated carbocycles. The Balaban J connectivity index is 2.95. The molecule has 8 nitrogen and oxygen atoms in total. The van der Waals surface area contributed by atoms with E-state index in [1.165, 1.54) is 24.1 Å². The second kappa shape index (κ2) is 15.5. The van der Waals surface area contributed by atoms with Crippen LogP contribution < -0.4 is 10.6 Å². The molecule has 1 aliphatic heterocycles. The third-order valence-electron chi connectivity index (χ3n) is 4.71. The molecule has 0 bridgehead atoms. The van der Waals surface area contributed by atoms with Crippen molar-refractivity contribution in [2.24, 2.45) is 10.9 Å². The van der Waals surface area contributed by atoms with Crippen molar-refractivity contribution in [3.8, 4) is 0 Å². The van der Waals surface area contributed by atoms with Gasteiger partial charge in [-0.15, -0.1) is 0 Å². The zero-order chi connectivity index (χ0) is 25.6. The SMILES string of the molecule is CCOCCCC(=O)NC1=NC(C)=C[C@@H](NC(=O)CCCOCC)N1C=CC(C)CC(F)(F)F. The van der Waals surface area contributed by atoms with Crippen LogP contribution in [0.25, 0.3) is 0 Å². The standard InChI is InChI=1S/C23H37F3N4O4/c1-5-33-13-7-9-20(31)28-19-15-18(4)27-22(29-21(32)10-8-14-34-6-2)30(19)12-11-17(3)16-23(24,25)26/h11-12,15,17,19H,5-10,13-14,16H2,1-4H3,(H,28,31)(H,27,29,32)/t17?,19-/m0/s1. The Labute approximate surface area is 199 Å². The summed E-state index contributed by atoms with van der Waals surface area (Å²) in [6.07, 6.45) is -0.0737. The molecule has 2 N–H and O–H groups in total. The van der Waals surface area contributed by atoms with E-state index in [0.717, 1.165) is 0 Å². The molecule has 0 radical (unpaired) electrons. The number of hydrogen-bond acceptors (Lipinski definition) is 6. The van der Waals surface area contributed by atoms with Gasteiger partial charge in [0, 0.05) is 57.6 Å². The molecule has 0 fully saturated rings. The molecule has 11 heteroatoms. The predicted molar refractivity (Wildman–Crippen MR) is 124 cm³/mol. The van der Waals surface area contributed by atoms with Crippen molar-refractivity contribution in [3.63, 3.8) is 0 Å². The molecular formula is C23H37F3N4O4. The van der Waals surface area contributed by atoms with E-state index >= 15 is 0 Å². The fourth-order valence-electron chi connectivity index (χ4n) is 3.12. The van der Waals surface area contributed by atoms with E-state index in [2.05, 4.69) is 15.6 Å². The molecule has 1 heterocycles. The highest BCUT2D eigenvalue weighted by Crippen LogP contribution is 2.25. The summed E-state index contributed by atoms with van der Waals surface area (Å²) in [5.41, 5.74) is 0.553. The van der Waals surface area contributed by atoms with Crippen LogP contribution >= 0.6 is 0 Å². The van der Waals surface area contributed by atoms with Crippen LogP contribution in [0.5, 0.6) is 0 Å². The van der Waals surface area contributed by atoms with Crippen LogP contribution in [0.1, 0.15) is 59.8 Å². The lowest BCUT2D eigenvalue weighted by Crippen LogP contribution is -2.54. The van der Waals surface area contributed by atoms with Crippen LogP contribution in [0.2, 0.25) is 0 Å². The number of amides is 2. The number of alkyl halides is 3. The van der Waals surface area contributed by atoms with E-state index in [9.17, 15) is 22.8 Å². The number of rotatable bonds is 14. The number of allylic oxidation sites excluding steroid dienone is 2. The zero-order valence-electron chi connectivity index (χ0n) is 20.4. The van der Waals surface area contributed by atoms with Gasteiger partial charge >= 0.3 is 6.18 Å². The number of halogens is 3. The van der Waals surface area contributed by atoms with Gasteiger partial charge in [0.2, 0.25) is 17.8 Å². The maximum atomic E-state index is 12.8. The molecular weight excluding hydrogens is 453 g/mol. The molecule has 0 spiro atoms. The lowest BCUT2D eigenvalue weighted by molar-refractivity contribution is -0.140. The minimum Gasteiger partial charge on any atom is -0.382 e. The molecule has 34 heavy (non-hydrogen) atoms. The van der Waals surface area contributed by atoms with Crippen molar-refractivity contribution >= 4 is 17.8 Å². The average molecular weight is 491 g/mol. The molecule has 1 aliphatic rings. The topological polar surface area (TPSA) is 92.3 Å². The number of aliphatic imine (C=N–C) groups is 1. The van der Waals surface area contributed by atoms with Gasteiger partial charge in [-0.3, -0.25) is 19.8 Å². The molecule has 1 unspecified atom stereocenters. The number of ether oxygens (including phenoxy) is 2. The highest BCUT2D eigenvalue weighted by molar-refractivity contribution is 5.98. The average Bonchev–Trinajstić information content (AvgIpc) is 2.72. The first-order valence-electron chi connectivity index (χ1n) is 11.6. The Kier molecular flexibility index (Phi) is 13.5. The highest BCUT2D eigenvalue weighted by atomic mass is 19.4. The summed E-state index contributed by atoms with van der Waals surface area (Å²) in [6, 6.07) is 0. The van der Waals surface area contributed by atoms with Gasteiger partial charge in [-0.1, -0.05) is 13.0 Å². The first-order valence-corrected chi connectivity index (χ1v) is 11.6. The molecule has 0 aromatic carbocycles. The van der Waals surface area contributed by atoms with Crippen LogP contribution in [0.15, 0.2) is 29.0 Å². The number of guanidine groups is 1. The first-order chi connectivity index (χ1) is 16.1. The molecule has 194 valence electrons. The normalized spacial score (nSPS) is 17.4. The van der Waals surface area contributed by atoms with Crippen LogP contribution in [-0.4, -0.2) is 61.4 Å². The number of nitrogens with one attached hydrogen (secondary N) is 2. The van der Waals surface area contributed by atoms with E-state index in [0.29, 0.717) is 45.0 Å². The van der Waals surface area contributed by atoms with E-state index in [1.807, 2.05) is 13.8 Å². The van der Waals surface area contributed by atoms with E-state index in [4.69, 9.17) is 9.47 Å². The maximum Gasteiger partial charge on any atom is 0.389 e. The van der Waals surface area contributed by atoms with Gasteiger partial charge in [0.1, 0.15) is 6.17 Å². The number of carbonyl (C=O) groups is 2. The summed E-state index contributed by atoms with van der Waals surface area (Å²) in [5.74, 6) is -1.23. The number of nitrogens with zero attached hydrogens (tertiary/aromatic N) is 2. The Morgan fingerprint density at radius 1 is 1.15 bits per heavy atom. The second-order valence-corrected chi connectivity index (χ2v) is 7.95. The van der Waals surface area contributed by atoms with Gasteiger partial charge in [-0.05, 0) is 45.6 Å². The van der Waals surface area contributed by atoms with Gasteiger partial charge in [0.25, 0.3) is 0 Å². The number of hydrogen-bond donors (Lipinski definition) is 2. The summed E-state index contributed by atoms with van der Waals surface area (Å²) in [6.45, 7) is 8.89. The Morgan fingerprint density at radius 2 is 1.74 bits per heavy atom. The predicted octanol–water partition coefficient (Wildman–Crippen LogP) is 3.86. The smallest absolute Gasteiger partial charge is 0.382 e. The summed E-state index contributed by atoms with van der Waals surface area (Å²) in [5, 5.41) is 5.55. The van der Waals surface area contributed by atoms with Gasteiger partial charge in [-0.2, -0.15) is 13.2 Å². The molecule has 0 aromatic rings. The van der Waals surface area contributed by atoms with Crippen LogP contribution in [0, 0.1) is 5.92 Å². The maximum absolute atomic E-state index is 12.8. The van der Waals surface area contributed by atoms with E-state index in [-0.39, 0.29) is 30.6 Å². The van der Waals surface area contributed by atoms with Crippen molar-refractivity contribution in [3.05, 3.63) is 24.0 Å². The second-order valence-electron chi connectivity index (χ2n) is 7.95. The van der Waals surface area contributed by atoms with Gasteiger partial charge < -0.3 is 14.8 Å². The summed E-state index contributed by atoms with van der Waals surface area (Å²) >= 11 is 0. The van der Waals surface area contributed by atoms with Crippen molar-refractivity contribution < 1.29 is 32.2 Å². The quantitative estimate of drug-likeness (QED) is 0.361. The van der Waals surface area contributed by atoms with Gasteiger partial charge in [0.15, 0.2) is 0 Å². The monoisotopic (exact) mass is 490 g/mol. The van der Waals surface area contributed by atoms with Crippen molar-refractivity contribution in [2.75, 3.05) is 26.4 Å². The van der Waals surface area contributed by atoms with E-state index in [1.54, 1.807) is 13.0 Å². The lowest BCUT2D eigenvalue weighted by Gasteiger charge is -2.33. The van der Waals surface area contributed by atoms with Crippen molar-refractivity contribution in [2.45, 2.75) is 72.1 Å². The fraction of sp³-hybridized carbons (Fsp3) is 0.696. The minimum absolute atomic E-state index is 0.136. The van der Waals surface area contributed by atoms with Crippen molar-refractivity contribution in [1.29, 1.82) is 0 Å². The third-order valence-corrected chi connectivity index (χ3v) is 4.71. The largest absolute Gasteiger partial charge is 0.389 e. The van der Waals surface area contributed by atoms with Crippen LogP contribution in [0.4, 0.5) is 13.2 Å². The fourth-order valence-corrected chi connectivity index (χ4v) is 3.12. The molecule has 0 aromatic heterocycles. The lowest BCUT2D eigenvalue weighted by atomic mass is 10.1. The zero-order valence-corrected chi connectivity index (χ0v) is 20.4. The van der Waals surface area contributed by atoms with E-state index < -0.39 is 24.7 Å². The summed E-state index contributed by atoms with van der Waals surface area (Å²) in [7, 11) is 0. The Hall–Kier alpha value is -2.40. The van der Waals surface area contributed by atoms with Crippen LogP contribution in [-0.2, 0) is 19.1 Å². The molecule has 2 atom stereocenters. The first kappa shape index (κ1) is 29.6. The minimum atomic E-state index is -4.30. The Morgan fingerprint density at radius 3 is 2.29 bits per heavy atom. The molecule has 0 aliphatic carbocycles. The van der Waals surface area contributed by atoms with Crippen LogP contribution in [0.3, 0.4) is 0 Å². The summed E-state index contributed by atoms with van der Waals surface area (Å²) < 4.78 is 48.7. The molecule has 1 rings (SSSR count). The molecule has 0 saturated heterocycles. The third kappa shape index (κ3) is 12.7. The highest BCUT2D eigenvalue weighted by Gasteiger charge is 2.30. The van der Waals surface area contributed by atoms with Gasteiger partial charge in [0.05, 0.1) is 0 Å².